The van der Waals surface area contributed by atoms with Gasteiger partial charge in [-0.2, -0.15) is 0 Å². The van der Waals surface area contributed by atoms with Gasteiger partial charge in [0.25, 0.3) is 5.91 Å². The van der Waals surface area contributed by atoms with Gasteiger partial charge in [0.05, 0.1) is 15.6 Å². The number of amides is 1. The second-order valence-corrected chi connectivity index (χ2v) is 7.76. The first-order valence-electron chi connectivity index (χ1n) is 9.38. The van der Waals surface area contributed by atoms with Gasteiger partial charge >= 0.3 is 0 Å². The lowest BCUT2D eigenvalue weighted by molar-refractivity contribution is 0.0686. The third-order valence-corrected chi connectivity index (χ3v) is 5.54. The zero-order chi connectivity index (χ0) is 19.2. The number of piperidine rings is 1. The van der Waals surface area contributed by atoms with Crippen molar-refractivity contribution in [1.29, 1.82) is 0 Å². The standard InChI is InChI=1S/C21H24Cl2N2O2/c1-2-4-15-7-9-25(10-8-15)21(26)17-11-16(12-24-13-17)14-27-20-18(22)5-3-6-19(20)23/h3,5-6,11-13,15H,2,4,7-10,14H2,1H3. The van der Waals surface area contributed by atoms with Gasteiger partial charge in [-0.3, -0.25) is 9.78 Å². The van der Waals surface area contributed by atoms with Crippen molar-refractivity contribution in [1.82, 2.24) is 9.88 Å². The molecule has 1 aliphatic rings. The van der Waals surface area contributed by atoms with E-state index in [1.54, 1.807) is 30.6 Å². The van der Waals surface area contributed by atoms with Crippen LogP contribution < -0.4 is 4.74 Å². The Morgan fingerprint density at radius 2 is 1.93 bits per heavy atom. The molecule has 1 saturated heterocycles. The monoisotopic (exact) mass is 406 g/mol. The molecule has 0 radical (unpaired) electrons. The van der Waals surface area contributed by atoms with Gasteiger partial charge in [0, 0.05) is 31.0 Å². The summed E-state index contributed by atoms with van der Waals surface area (Å²) >= 11 is 12.3. The largest absolute Gasteiger partial charge is 0.486 e. The third kappa shape index (κ3) is 5.14. The maximum Gasteiger partial charge on any atom is 0.255 e. The van der Waals surface area contributed by atoms with Gasteiger partial charge in [-0.1, -0.05) is 49.0 Å². The van der Waals surface area contributed by atoms with Crippen LogP contribution in [0.1, 0.15) is 48.5 Å². The number of para-hydroxylation sites is 1. The second kappa shape index (κ2) is 9.43. The van der Waals surface area contributed by atoms with Gasteiger partial charge < -0.3 is 9.64 Å². The first kappa shape index (κ1) is 20.0. The van der Waals surface area contributed by atoms with E-state index in [2.05, 4.69) is 11.9 Å². The highest BCUT2D eigenvalue weighted by Gasteiger charge is 2.23. The number of pyridine rings is 1. The highest BCUT2D eigenvalue weighted by atomic mass is 35.5. The van der Waals surface area contributed by atoms with Crippen molar-refractivity contribution < 1.29 is 9.53 Å². The molecule has 1 aromatic heterocycles. The Morgan fingerprint density at radius 3 is 2.59 bits per heavy atom. The lowest BCUT2D eigenvalue weighted by Crippen LogP contribution is -2.38. The molecule has 27 heavy (non-hydrogen) atoms. The van der Waals surface area contributed by atoms with Crippen molar-refractivity contribution in [2.75, 3.05) is 13.1 Å². The smallest absolute Gasteiger partial charge is 0.255 e. The molecular weight excluding hydrogens is 383 g/mol. The number of halogens is 2. The van der Waals surface area contributed by atoms with E-state index in [0.717, 1.165) is 37.4 Å². The fourth-order valence-electron chi connectivity index (χ4n) is 3.47. The van der Waals surface area contributed by atoms with Crippen LogP contribution in [0.5, 0.6) is 5.75 Å². The molecule has 1 fully saturated rings. The number of rotatable bonds is 6. The summed E-state index contributed by atoms with van der Waals surface area (Å²) < 4.78 is 5.75. The van der Waals surface area contributed by atoms with Crippen LogP contribution in [0.3, 0.4) is 0 Å². The van der Waals surface area contributed by atoms with Gasteiger partial charge in [-0.05, 0) is 37.0 Å². The van der Waals surface area contributed by atoms with Crippen LogP contribution in [-0.2, 0) is 6.61 Å². The zero-order valence-corrected chi connectivity index (χ0v) is 17.0. The number of likely N-dealkylation sites (tertiary alicyclic amines) is 1. The van der Waals surface area contributed by atoms with E-state index in [0.29, 0.717) is 21.4 Å². The van der Waals surface area contributed by atoms with Gasteiger partial charge in [-0.25, -0.2) is 0 Å². The highest BCUT2D eigenvalue weighted by Crippen LogP contribution is 2.33. The molecule has 0 unspecified atom stereocenters. The summed E-state index contributed by atoms with van der Waals surface area (Å²) in [5.74, 6) is 1.22. The number of hydrogen-bond donors (Lipinski definition) is 0. The molecule has 0 spiro atoms. The van der Waals surface area contributed by atoms with E-state index < -0.39 is 0 Å². The van der Waals surface area contributed by atoms with Gasteiger partial charge in [0.1, 0.15) is 6.61 Å². The molecule has 6 heteroatoms. The quantitative estimate of drug-likeness (QED) is 0.624. The average molecular weight is 407 g/mol. The van der Waals surface area contributed by atoms with Crippen molar-refractivity contribution in [3.63, 3.8) is 0 Å². The summed E-state index contributed by atoms with van der Waals surface area (Å²) in [6.07, 6.45) is 7.93. The van der Waals surface area contributed by atoms with E-state index in [1.165, 1.54) is 12.8 Å². The molecule has 0 N–H and O–H groups in total. The number of carbonyl (C=O) groups excluding carboxylic acids is 1. The molecule has 0 aliphatic carbocycles. The zero-order valence-electron chi connectivity index (χ0n) is 15.5. The second-order valence-electron chi connectivity index (χ2n) is 6.95. The molecular formula is C21H24Cl2N2O2. The molecule has 3 rings (SSSR count). The van der Waals surface area contributed by atoms with Crippen LogP contribution >= 0.6 is 23.2 Å². The lowest BCUT2D eigenvalue weighted by Gasteiger charge is -2.32. The average Bonchev–Trinajstić information content (AvgIpc) is 2.68. The molecule has 2 heterocycles. The van der Waals surface area contributed by atoms with Crippen LogP contribution in [0.4, 0.5) is 0 Å². The summed E-state index contributed by atoms with van der Waals surface area (Å²) in [4.78, 5) is 18.9. The molecule has 4 nitrogen and oxygen atoms in total. The van der Waals surface area contributed by atoms with Gasteiger partial charge in [0.15, 0.2) is 5.75 Å². The summed E-state index contributed by atoms with van der Waals surface area (Å²) in [6, 6.07) is 7.05. The minimum atomic E-state index is 0.0371. The Hall–Kier alpha value is -1.78. The van der Waals surface area contributed by atoms with Crippen molar-refractivity contribution in [3.05, 3.63) is 57.8 Å². The Kier molecular flexibility index (Phi) is 6.97. The molecule has 1 aromatic carbocycles. The van der Waals surface area contributed by atoms with Crippen molar-refractivity contribution in [3.8, 4) is 5.75 Å². The molecule has 144 valence electrons. The van der Waals surface area contributed by atoms with E-state index in [1.807, 2.05) is 11.0 Å². The number of carbonyl (C=O) groups is 1. The number of benzene rings is 1. The Labute approximate surface area is 170 Å². The maximum atomic E-state index is 12.8. The predicted octanol–water partition coefficient (Wildman–Crippen LogP) is 5.62. The van der Waals surface area contributed by atoms with Crippen LogP contribution in [0.25, 0.3) is 0 Å². The normalized spacial score (nSPS) is 15.0. The van der Waals surface area contributed by atoms with E-state index in [9.17, 15) is 4.79 Å². The predicted molar refractivity (Wildman–Crippen MR) is 109 cm³/mol. The van der Waals surface area contributed by atoms with E-state index in [-0.39, 0.29) is 12.5 Å². The fourth-order valence-corrected chi connectivity index (χ4v) is 3.98. The highest BCUT2D eigenvalue weighted by molar-refractivity contribution is 6.37. The number of hydrogen-bond acceptors (Lipinski definition) is 3. The molecule has 0 saturated carbocycles. The van der Waals surface area contributed by atoms with Gasteiger partial charge in [-0.15, -0.1) is 0 Å². The van der Waals surface area contributed by atoms with Gasteiger partial charge in [0.2, 0.25) is 0 Å². The Bertz CT molecular complexity index is 769. The SMILES string of the molecule is CCCC1CCN(C(=O)c2cncc(COc3c(Cl)cccc3Cl)c2)CC1. The number of nitrogens with zero attached hydrogens (tertiary/aromatic N) is 2. The molecule has 0 atom stereocenters. The molecule has 1 amide bonds. The molecule has 1 aliphatic heterocycles. The van der Waals surface area contributed by atoms with Crippen LogP contribution in [0.15, 0.2) is 36.7 Å². The number of ether oxygens (including phenoxy) is 1. The Morgan fingerprint density at radius 1 is 1.22 bits per heavy atom. The maximum absolute atomic E-state index is 12.8. The van der Waals surface area contributed by atoms with E-state index in [4.69, 9.17) is 27.9 Å². The van der Waals surface area contributed by atoms with Crippen LogP contribution in [0, 0.1) is 5.92 Å². The van der Waals surface area contributed by atoms with E-state index >= 15 is 0 Å². The molecule has 2 aromatic rings. The van der Waals surface area contributed by atoms with Crippen molar-refractivity contribution >= 4 is 29.1 Å². The summed E-state index contributed by atoms with van der Waals surface area (Å²) in [5.41, 5.74) is 1.40. The minimum absolute atomic E-state index is 0.0371. The third-order valence-electron chi connectivity index (χ3n) is 4.94. The van der Waals surface area contributed by atoms with Crippen molar-refractivity contribution in [2.24, 2.45) is 5.92 Å². The van der Waals surface area contributed by atoms with Crippen LogP contribution in [-0.4, -0.2) is 28.9 Å². The Balaban J connectivity index is 1.63. The van der Waals surface area contributed by atoms with Crippen molar-refractivity contribution in [2.45, 2.75) is 39.2 Å². The number of aromatic nitrogens is 1. The summed E-state index contributed by atoms with van der Waals surface area (Å²) in [7, 11) is 0. The summed E-state index contributed by atoms with van der Waals surface area (Å²) in [6.45, 7) is 4.10. The topological polar surface area (TPSA) is 42.4 Å². The molecule has 0 bridgehead atoms. The van der Waals surface area contributed by atoms with Crippen LogP contribution in [0.2, 0.25) is 10.0 Å². The minimum Gasteiger partial charge on any atom is -0.486 e. The summed E-state index contributed by atoms with van der Waals surface area (Å²) in [5, 5.41) is 0.912. The lowest BCUT2D eigenvalue weighted by atomic mass is 9.92. The fraction of sp³-hybridized carbons (Fsp3) is 0.429. The first-order valence-corrected chi connectivity index (χ1v) is 10.1. The first-order chi connectivity index (χ1) is 13.1.